The summed E-state index contributed by atoms with van der Waals surface area (Å²) in [6.45, 7) is 5.58. The summed E-state index contributed by atoms with van der Waals surface area (Å²) in [4.78, 5) is 14.9. The molecule has 0 spiro atoms. The predicted molar refractivity (Wildman–Crippen MR) is 106 cm³/mol. The Morgan fingerprint density at radius 1 is 1.31 bits per heavy atom. The lowest BCUT2D eigenvalue weighted by molar-refractivity contribution is -0.133. The molecule has 2 aliphatic rings. The van der Waals surface area contributed by atoms with Crippen LogP contribution in [0.15, 0.2) is 40.9 Å². The standard InChI is InChI=1S/C20H20BrClN2O2/c1-20(11-26-12-20)24-9-14-6-15(8-17(21)16(14)10-24)23-19(25)7-13-4-2-3-5-18(13)22/h2-6,8H,7,9-12H2,1H3,(H,23,25). The van der Waals surface area contributed by atoms with Crippen LogP contribution in [0, 0.1) is 0 Å². The maximum absolute atomic E-state index is 12.4. The van der Waals surface area contributed by atoms with E-state index < -0.39 is 0 Å². The first-order valence-corrected chi connectivity index (χ1v) is 9.79. The molecule has 1 amide bonds. The van der Waals surface area contributed by atoms with Crippen molar-refractivity contribution in [1.29, 1.82) is 0 Å². The van der Waals surface area contributed by atoms with E-state index in [1.165, 1.54) is 11.1 Å². The molecule has 2 aromatic rings. The fraction of sp³-hybridized carbons (Fsp3) is 0.350. The van der Waals surface area contributed by atoms with E-state index in [2.05, 4.69) is 39.1 Å². The Bertz CT molecular complexity index is 867. The topological polar surface area (TPSA) is 41.6 Å². The van der Waals surface area contributed by atoms with E-state index in [0.717, 1.165) is 42.0 Å². The number of rotatable bonds is 4. The number of nitrogens with one attached hydrogen (secondary N) is 1. The molecule has 136 valence electrons. The summed E-state index contributed by atoms with van der Waals surface area (Å²) < 4.78 is 6.44. The molecule has 2 aromatic carbocycles. The lowest BCUT2D eigenvalue weighted by Crippen LogP contribution is -2.58. The molecule has 26 heavy (non-hydrogen) atoms. The molecule has 0 bridgehead atoms. The second kappa shape index (κ2) is 6.97. The SMILES string of the molecule is CC1(N2Cc3cc(NC(=O)Cc4ccccc4Cl)cc(Br)c3C2)COC1. The summed E-state index contributed by atoms with van der Waals surface area (Å²) in [6.07, 6.45) is 0.260. The maximum Gasteiger partial charge on any atom is 0.228 e. The van der Waals surface area contributed by atoms with Gasteiger partial charge in [0.1, 0.15) is 0 Å². The van der Waals surface area contributed by atoms with Gasteiger partial charge in [0.25, 0.3) is 0 Å². The Hall–Kier alpha value is -1.40. The molecule has 0 unspecified atom stereocenters. The Morgan fingerprint density at radius 3 is 2.77 bits per heavy atom. The van der Waals surface area contributed by atoms with Gasteiger partial charge in [0.05, 0.1) is 25.2 Å². The van der Waals surface area contributed by atoms with Crippen molar-refractivity contribution in [2.75, 3.05) is 18.5 Å². The van der Waals surface area contributed by atoms with E-state index in [1.54, 1.807) is 6.07 Å². The third kappa shape index (κ3) is 3.41. The van der Waals surface area contributed by atoms with Gasteiger partial charge in [-0.15, -0.1) is 0 Å². The zero-order valence-electron chi connectivity index (χ0n) is 14.5. The van der Waals surface area contributed by atoms with Crippen molar-refractivity contribution in [1.82, 2.24) is 4.90 Å². The van der Waals surface area contributed by atoms with E-state index in [4.69, 9.17) is 16.3 Å². The molecule has 4 rings (SSSR count). The zero-order valence-corrected chi connectivity index (χ0v) is 16.9. The maximum atomic E-state index is 12.4. The van der Waals surface area contributed by atoms with Crippen LogP contribution in [0.1, 0.15) is 23.6 Å². The fourth-order valence-electron chi connectivity index (χ4n) is 3.52. The molecule has 2 heterocycles. The molecule has 0 aromatic heterocycles. The summed E-state index contributed by atoms with van der Waals surface area (Å²) in [7, 11) is 0. The summed E-state index contributed by atoms with van der Waals surface area (Å²) >= 11 is 9.82. The van der Waals surface area contributed by atoms with Gasteiger partial charge in [-0.3, -0.25) is 9.69 Å². The molecule has 6 heteroatoms. The number of halogens is 2. The highest BCUT2D eigenvalue weighted by atomic mass is 79.9. The van der Waals surface area contributed by atoms with Gasteiger partial charge in [-0.25, -0.2) is 0 Å². The van der Waals surface area contributed by atoms with E-state index in [-0.39, 0.29) is 17.9 Å². The van der Waals surface area contributed by atoms with Gasteiger partial charge in [0, 0.05) is 28.3 Å². The van der Waals surface area contributed by atoms with Crippen LogP contribution in [0.25, 0.3) is 0 Å². The summed E-state index contributed by atoms with van der Waals surface area (Å²) in [5.41, 5.74) is 4.30. The van der Waals surface area contributed by atoms with Gasteiger partial charge in [-0.2, -0.15) is 0 Å². The molecule has 0 atom stereocenters. The van der Waals surface area contributed by atoms with Crippen molar-refractivity contribution in [2.24, 2.45) is 0 Å². The fourth-order valence-corrected chi connectivity index (χ4v) is 4.35. The molecule has 4 nitrogen and oxygen atoms in total. The van der Waals surface area contributed by atoms with Crippen LogP contribution in [0.2, 0.25) is 5.02 Å². The molecule has 0 aliphatic carbocycles. The van der Waals surface area contributed by atoms with Gasteiger partial charge in [0.15, 0.2) is 0 Å². The van der Waals surface area contributed by atoms with Gasteiger partial charge in [0.2, 0.25) is 5.91 Å². The molecular formula is C20H20BrClN2O2. The Labute approximate surface area is 166 Å². The first kappa shape index (κ1) is 18.0. The minimum Gasteiger partial charge on any atom is -0.377 e. The number of carbonyl (C=O) groups is 1. The minimum absolute atomic E-state index is 0.0702. The first-order chi connectivity index (χ1) is 12.4. The van der Waals surface area contributed by atoms with Gasteiger partial charge in [-0.1, -0.05) is 45.7 Å². The Kier molecular flexibility index (Phi) is 4.82. The lowest BCUT2D eigenvalue weighted by atomic mass is 9.98. The second-order valence-corrected chi connectivity index (χ2v) is 8.52. The second-order valence-electron chi connectivity index (χ2n) is 7.26. The minimum atomic E-state index is -0.0702. The number of ether oxygens (including phenoxy) is 1. The number of hydrogen-bond acceptors (Lipinski definition) is 3. The van der Waals surface area contributed by atoms with Gasteiger partial charge >= 0.3 is 0 Å². The predicted octanol–water partition coefficient (Wildman–Crippen LogP) is 4.39. The van der Waals surface area contributed by atoms with Crippen molar-refractivity contribution in [2.45, 2.75) is 32.0 Å². The largest absolute Gasteiger partial charge is 0.377 e. The molecular weight excluding hydrogens is 416 g/mol. The third-order valence-corrected chi connectivity index (χ3v) is 6.26. The number of fused-ring (bicyclic) bond motifs is 1. The van der Waals surface area contributed by atoms with Crippen molar-refractivity contribution >= 4 is 39.1 Å². The zero-order chi connectivity index (χ0) is 18.3. The molecule has 0 radical (unpaired) electrons. The normalized spacial score (nSPS) is 18.3. The highest BCUT2D eigenvalue weighted by Gasteiger charge is 2.42. The Balaban J connectivity index is 1.48. The van der Waals surface area contributed by atoms with E-state index in [9.17, 15) is 4.79 Å². The summed E-state index contributed by atoms with van der Waals surface area (Å²) in [5, 5.41) is 3.61. The Morgan fingerprint density at radius 2 is 2.08 bits per heavy atom. The average Bonchev–Trinajstić information content (AvgIpc) is 2.99. The molecule has 0 saturated carbocycles. The summed E-state index contributed by atoms with van der Waals surface area (Å²) in [6, 6.07) is 11.5. The number of hydrogen-bond donors (Lipinski definition) is 1. The number of nitrogens with zero attached hydrogens (tertiary/aromatic N) is 1. The number of amides is 1. The monoisotopic (exact) mass is 434 g/mol. The van der Waals surface area contributed by atoms with Crippen LogP contribution in [0.5, 0.6) is 0 Å². The third-order valence-electron chi connectivity index (χ3n) is 5.18. The van der Waals surface area contributed by atoms with E-state index >= 15 is 0 Å². The van der Waals surface area contributed by atoms with Gasteiger partial charge in [-0.05, 0) is 41.8 Å². The first-order valence-electron chi connectivity index (χ1n) is 8.62. The molecule has 2 aliphatic heterocycles. The van der Waals surface area contributed by atoms with Crippen molar-refractivity contribution in [3.63, 3.8) is 0 Å². The lowest BCUT2D eigenvalue weighted by Gasteiger charge is -2.45. The van der Waals surface area contributed by atoms with Crippen LogP contribution in [-0.2, 0) is 29.0 Å². The number of carbonyl (C=O) groups excluding carboxylic acids is 1. The van der Waals surface area contributed by atoms with Crippen LogP contribution in [0.4, 0.5) is 5.69 Å². The molecule has 1 saturated heterocycles. The number of benzene rings is 2. The van der Waals surface area contributed by atoms with Crippen LogP contribution in [-0.4, -0.2) is 29.6 Å². The van der Waals surface area contributed by atoms with E-state index in [0.29, 0.717) is 5.02 Å². The molecule has 1 N–H and O–H groups in total. The van der Waals surface area contributed by atoms with E-state index in [1.807, 2.05) is 24.3 Å². The summed E-state index contributed by atoms with van der Waals surface area (Å²) in [5.74, 6) is -0.0702. The van der Waals surface area contributed by atoms with Crippen LogP contribution >= 0.6 is 27.5 Å². The quantitative estimate of drug-likeness (QED) is 0.774. The van der Waals surface area contributed by atoms with Crippen molar-refractivity contribution in [3.05, 3.63) is 62.6 Å². The van der Waals surface area contributed by atoms with Crippen LogP contribution in [0.3, 0.4) is 0 Å². The van der Waals surface area contributed by atoms with Crippen LogP contribution < -0.4 is 5.32 Å². The van der Waals surface area contributed by atoms with Crippen molar-refractivity contribution < 1.29 is 9.53 Å². The highest BCUT2D eigenvalue weighted by Crippen LogP contribution is 2.38. The van der Waals surface area contributed by atoms with Crippen molar-refractivity contribution in [3.8, 4) is 0 Å². The average molecular weight is 436 g/mol. The highest BCUT2D eigenvalue weighted by molar-refractivity contribution is 9.10. The molecule has 1 fully saturated rings. The number of anilines is 1. The smallest absolute Gasteiger partial charge is 0.228 e. The van der Waals surface area contributed by atoms with Gasteiger partial charge < -0.3 is 10.1 Å².